The van der Waals surface area contributed by atoms with Gasteiger partial charge in [-0.05, 0) is 31.2 Å². The Hall–Kier alpha value is -1.78. The van der Waals surface area contributed by atoms with E-state index in [0.717, 1.165) is 36.5 Å². The number of aliphatic carboxylic acids is 1. The van der Waals surface area contributed by atoms with E-state index in [9.17, 15) is 4.79 Å². The third-order valence-electron chi connectivity index (χ3n) is 3.58. The minimum atomic E-state index is -0.994. The first kappa shape index (κ1) is 13.2. The van der Waals surface area contributed by atoms with Gasteiger partial charge in [0.25, 0.3) is 0 Å². The van der Waals surface area contributed by atoms with Crippen molar-refractivity contribution in [1.82, 2.24) is 4.90 Å². The zero-order valence-corrected chi connectivity index (χ0v) is 11.8. The summed E-state index contributed by atoms with van der Waals surface area (Å²) in [7, 11) is 2.04. The molecular formula is C15H14ClNO3. The normalized spacial score (nSPS) is 15.9. The van der Waals surface area contributed by atoms with E-state index in [1.54, 1.807) is 0 Å². The molecular weight excluding hydrogens is 278 g/mol. The molecule has 2 heterocycles. The van der Waals surface area contributed by atoms with E-state index in [1.807, 2.05) is 19.2 Å². The molecule has 1 aromatic heterocycles. The molecule has 1 N–H and O–H groups in total. The Morgan fingerprint density at radius 1 is 1.50 bits per heavy atom. The Kier molecular flexibility index (Phi) is 3.28. The lowest BCUT2D eigenvalue weighted by molar-refractivity contribution is -0.131. The van der Waals surface area contributed by atoms with Crippen LogP contribution < -0.4 is 0 Å². The third-order valence-corrected chi connectivity index (χ3v) is 3.87. The Morgan fingerprint density at radius 3 is 3.05 bits per heavy atom. The fraction of sp³-hybridized carbons (Fsp3) is 0.267. The van der Waals surface area contributed by atoms with E-state index < -0.39 is 5.97 Å². The summed E-state index contributed by atoms with van der Waals surface area (Å²) in [6.07, 6.45) is 3.52. The van der Waals surface area contributed by atoms with Crippen LogP contribution in [0.2, 0.25) is 5.02 Å². The van der Waals surface area contributed by atoms with Crippen LogP contribution >= 0.6 is 11.6 Å². The lowest BCUT2D eigenvalue weighted by Gasteiger charge is -2.12. The monoisotopic (exact) mass is 291 g/mol. The number of hydrogen-bond donors (Lipinski definition) is 1. The quantitative estimate of drug-likeness (QED) is 0.864. The van der Waals surface area contributed by atoms with Crippen molar-refractivity contribution in [1.29, 1.82) is 0 Å². The van der Waals surface area contributed by atoms with Crippen molar-refractivity contribution in [2.45, 2.75) is 13.0 Å². The molecule has 0 fully saturated rings. The molecule has 1 aliphatic rings. The molecule has 4 nitrogen and oxygen atoms in total. The Morgan fingerprint density at radius 2 is 2.30 bits per heavy atom. The first-order chi connectivity index (χ1) is 9.56. The number of furan rings is 1. The maximum Gasteiger partial charge on any atom is 0.328 e. The van der Waals surface area contributed by atoms with Gasteiger partial charge < -0.3 is 14.4 Å². The van der Waals surface area contributed by atoms with E-state index >= 15 is 0 Å². The van der Waals surface area contributed by atoms with Crippen molar-refractivity contribution in [2.24, 2.45) is 0 Å². The summed E-state index contributed by atoms with van der Waals surface area (Å²) >= 11 is 6.20. The number of carbonyl (C=O) groups is 1. The highest BCUT2D eigenvalue weighted by molar-refractivity contribution is 6.35. The average molecular weight is 292 g/mol. The van der Waals surface area contributed by atoms with Gasteiger partial charge in [0.2, 0.25) is 0 Å². The number of hydrogen-bond acceptors (Lipinski definition) is 3. The molecule has 5 heteroatoms. The molecule has 0 aliphatic carbocycles. The molecule has 0 spiro atoms. The van der Waals surface area contributed by atoms with Gasteiger partial charge in [-0.15, -0.1) is 0 Å². The summed E-state index contributed by atoms with van der Waals surface area (Å²) < 4.78 is 5.79. The van der Waals surface area contributed by atoms with Crippen LogP contribution in [0.3, 0.4) is 0 Å². The summed E-state index contributed by atoms with van der Waals surface area (Å²) in [6, 6.07) is 3.86. The van der Waals surface area contributed by atoms with Gasteiger partial charge in [0, 0.05) is 30.1 Å². The van der Waals surface area contributed by atoms with Crippen molar-refractivity contribution in [3.05, 3.63) is 40.1 Å². The molecule has 1 aliphatic heterocycles. The van der Waals surface area contributed by atoms with Gasteiger partial charge >= 0.3 is 5.97 Å². The minimum Gasteiger partial charge on any atom is -0.478 e. The number of rotatable bonds is 2. The Bertz CT molecular complexity index is 717. The molecule has 3 rings (SSSR count). The van der Waals surface area contributed by atoms with Gasteiger partial charge in [-0.25, -0.2) is 4.79 Å². The van der Waals surface area contributed by atoms with Crippen LogP contribution in [0.5, 0.6) is 0 Å². The molecule has 0 bridgehead atoms. The highest BCUT2D eigenvalue weighted by atomic mass is 35.5. The van der Waals surface area contributed by atoms with Crippen LogP contribution in [0.15, 0.2) is 22.6 Å². The minimum absolute atomic E-state index is 0.560. The number of likely N-dealkylation sites (N-methyl/N-ethyl adjacent to an activating group) is 1. The molecule has 0 saturated carbocycles. The number of carboxylic acid groups (broad SMARTS) is 1. The highest BCUT2D eigenvalue weighted by Gasteiger charge is 2.22. The van der Waals surface area contributed by atoms with Gasteiger partial charge in [-0.3, -0.25) is 0 Å². The molecule has 2 aromatic rings. The summed E-state index contributed by atoms with van der Waals surface area (Å²) in [6.45, 7) is 1.67. The standard InChI is InChI=1S/C15H14ClNO3/c1-17-7-6-9-2-3-11(16)15-14(9)10(8-17)12(20-15)4-5-13(18)19/h2-5H,6-8H2,1H3,(H,18,19). The summed E-state index contributed by atoms with van der Waals surface area (Å²) in [5.41, 5.74) is 2.86. The van der Waals surface area contributed by atoms with E-state index in [0.29, 0.717) is 16.4 Å². The zero-order chi connectivity index (χ0) is 14.3. The fourth-order valence-corrected chi connectivity index (χ4v) is 2.83. The van der Waals surface area contributed by atoms with E-state index in [-0.39, 0.29) is 0 Å². The lowest BCUT2D eigenvalue weighted by Crippen LogP contribution is -2.18. The third kappa shape index (κ3) is 2.21. The maximum atomic E-state index is 10.7. The summed E-state index contributed by atoms with van der Waals surface area (Å²) in [5, 5.41) is 10.4. The smallest absolute Gasteiger partial charge is 0.328 e. The maximum absolute atomic E-state index is 10.7. The van der Waals surface area contributed by atoms with Gasteiger partial charge in [-0.1, -0.05) is 17.7 Å². The molecule has 0 amide bonds. The van der Waals surface area contributed by atoms with E-state index in [1.165, 1.54) is 11.6 Å². The van der Waals surface area contributed by atoms with Crippen molar-refractivity contribution in [3.8, 4) is 0 Å². The van der Waals surface area contributed by atoms with Crippen LogP contribution in [0, 0.1) is 0 Å². The van der Waals surface area contributed by atoms with Crippen molar-refractivity contribution in [2.75, 3.05) is 13.6 Å². The second-order valence-electron chi connectivity index (χ2n) is 5.01. The molecule has 1 aromatic carbocycles. The molecule has 104 valence electrons. The largest absolute Gasteiger partial charge is 0.478 e. The van der Waals surface area contributed by atoms with Crippen molar-refractivity contribution < 1.29 is 14.3 Å². The van der Waals surface area contributed by atoms with E-state index in [2.05, 4.69) is 4.90 Å². The number of nitrogens with zero attached hydrogens (tertiary/aromatic N) is 1. The van der Waals surface area contributed by atoms with E-state index in [4.69, 9.17) is 21.1 Å². The molecule has 0 radical (unpaired) electrons. The highest BCUT2D eigenvalue weighted by Crippen LogP contribution is 2.36. The predicted molar refractivity (Wildman–Crippen MR) is 77.9 cm³/mol. The van der Waals surface area contributed by atoms with Crippen molar-refractivity contribution >= 4 is 34.6 Å². The van der Waals surface area contributed by atoms with Gasteiger partial charge in [-0.2, -0.15) is 0 Å². The molecule has 0 unspecified atom stereocenters. The second kappa shape index (κ2) is 4.96. The molecule has 0 saturated heterocycles. The van der Waals surface area contributed by atoms with Gasteiger partial charge in [0.15, 0.2) is 5.58 Å². The first-order valence-corrected chi connectivity index (χ1v) is 6.76. The van der Waals surface area contributed by atoms with Crippen LogP contribution in [0.4, 0.5) is 0 Å². The number of halogens is 1. The number of carboxylic acids is 1. The van der Waals surface area contributed by atoms with Gasteiger partial charge in [0.05, 0.1) is 5.02 Å². The van der Waals surface area contributed by atoms with Gasteiger partial charge in [0.1, 0.15) is 5.76 Å². The number of benzene rings is 1. The zero-order valence-electron chi connectivity index (χ0n) is 11.0. The first-order valence-electron chi connectivity index (χ1n) is 6.38. The average Bonchev–Trinajstić information content (AvgIpc) is 2.66. The molecule has 20 heavy (non-hydrogen) atoms. The summed E-state index contributed by atoms with van der Waals surface area (Å²) in [5.74, 6) is -0.420. The predicted octanol–water partition coefficient (Wildman–Crippen LogP) is 3.17. The van der Waals surface area contributed by atoms with Crippen LogP contribution in [0.25, 0.3) is 17.0 Å². The molecule has 0 atom stereocenters. The Labute approximate surface area is 121 Å². The summed E-state index contributed by atoms with van der Waals surface area (Å²) in [4.78, 5) is 12.9. The van der Waals surface area contributed by atoms with Crippen LogP contribution in [0.1, 0.15) is 16.9 Å². The van der Waals surface area contributed by atoms with Crippen LogP contribution in [-0.2, 0) is 17.8 Å². The lowest BCUT2D eigenvalue weighted by atomic mass is 10.0. The van der Waals surface area contributed by atoms with Crippen molar-refractivity contribution in [3.63, 3.8) is 0 Å². The fourth-order valence-electron chi connectivity index (χ4n) is 2.63. The Balaban J connectivity index is 2.26. The topological polar surface area (TPSA) is 53.7 Å². The second-order valence-corrected chi connectivity index (χ2v) is 5.42. The van der Waals surface area contributed by atoms with Crippen LogP contribution in [-0.4, -0.2) is 29.6 Å². The SMILES string of the molecule is CN1CCc2ccc(Cl)c3oc(C=CC(=O)O)c(c23)C1.